The minimum Gasteiger partial charge on any atom is -0.507 e. The van der Waals surface area contributed by atoms with E-state index in [0.717, 1.165) is 0 Å². The van der Waals surface area contributed by atoms with Gasteiger partial charge < -0.3 is 24.4 Å². The van der Waals surface area contributed by atoms with Crippen molar-refractivity contribution in [2.45, 2.75) is 6.04 Å². The Hall–Kier alpha value is -3.92. The molecule has 1 aliphatic heterocycles. The van der Waals surface area contributed by atoms with Crippen LogP contribution in [-0.2, 0) is 9.59 Å². The number of aliphatic hydroxyl groups is 1. The average molecular weight is 455 g/mol. The minimum absolute atomic E-state index is 0.147. The van der Waals surface area contributed by atoms with E-state index in [1.807, 2.05) is 19.0 Å². The van der Waals surface area contributed by atoms with Crippen molar-refractivity contribution >= 4 is 23.1 Å². The van der Waals surface area contributed by atoms with E-state index >= 15 is 0 Å². The molecule has 10 heteroatoms. The molecule has 0 aliphatic carbocycles. The summed E-state index contributed by atoms with van der Waals surface area (Å²) < 4.78 is 10.5. The number of aliphatic hydroxyl groups excluding tert-OH is 1. The van der Waals surface area contributed by atoms with Gasteiger partial charge in [-0.3, -0.25) is 19.7 Å². The summed E-state index contributed by atoms with van der Waals surface area (Å²) in [6.45, 7) is 0.641. The summed E-state index contributed by atoms with van der Waals surface area (Å²) in [5, 5.41) is 22.5. The molecule has 0 saturated carbocycles. The monoisotopic (exact) mass is 455 g/mol. The number of carbonyl (C=O) groups excluding carboxylic acids is 2. The lowest BCUT2D eigenvalue weighted by Crippen LogP contribution is -2.35. The van der Waals surface area contributed by atoms with Crippen LogP contribution in [0.25, 0.3) is 5.76 Å². The van der Waals surface area contributed by atoms with Crippen LogP contribution < -0.4 is 9.47 Å². The summed E-state index contributed by atoms with van der Waals surface area (Å²) in [6.07, 6.45) is 0. The van der Waals surface area contributed by atoms with E-state index in [-0.39, 0.29) is 23.4 Å². The number of benzene rings is 2. The molecular weight excluding hydrogens is 430 g/mol. The van der Waals surface area contributed by atoms with E-state index in [4.69, 9.17) is 9.47 Å². The van der Waals surface area contributed by atoms with Crippen molar-refractivity contribution in [2.24, 2.45) is 0 Å². The SMILES string of the molecule is COc1ccc(/C(O)=C2/C(=O)C(=O)N(CCN(C)C)C2c2cccc([N+](=O)[O-])c2)cc1OC. The van der Waals surface area contributed by atoms with Crippen molar-refractivity contribution in [3.8, 4) is 11.5 Å². The van der Waals surface area contributed by atoms with Gasteiger partial charge >= 0.3 is 0 Å². The van der Waals surface area contributed by atoms with Gasteiger partial charge in [-0.05, 0) is 37.9 Å². The molecule has 1 N–H and O–H groups in total. The zero-order chi connectivity index (χ0) is 24.3. The van der Waals surface area contributed by atoms with Gasteiger partial charge in [0.05, 0.1) is 30.8 Å². The first-order valence-electron chi connectivity index (χ1n) is 10.1. The number of nitro benzene ring substituents is 1. The fraction of sp³-hybridized carbons (Fsp3) is 0.304. The quantitative estimate of drug-likeness (QED) is 0.212. The predicted molar refractivity (Wildman–Crippen MR) is 120 cm³/mol. The van der Waals surface area contributed by atoms with E-state index in [1.54, 1.807) is 12.1 Å². The van der Waals surface area contributed by atoms with Crippen LogP contribution in [0, 0.1) is 10.1 Å². The van der Waals surface area contributed by atoms with E-state index in [2.05, 4.69) is 0 Å². The Morgan fingerprint density at radius 3 is 2.42 bits per heavy atom. The molecule has 0 bridgehead atoms. The predicted octanol–water partition coefficient (Wildman–Crippen LogP) is 2.60. The first-order chi connectivity index (χ1) is 15.7. The van der Waals surface area contributed by atoms with Gasteiger partial charge in [0.25, 0.3) is 17.4 Å². The van der Waals surface area contributed by atoms with Gasteiger partial charge in [0.2, 0.25) is 0 Å². The smallest absolute Gasteiger partial charge is 0.295 e. The summed E-state index contributed by atoms with van der Waals surface area (Å²) in [7, 11) is 6.55. The molecule has 1 atom stereocenters. The number of ether oxygens (including phenoxy) is 2. The van der Waals surface area contributed by atoms with E-state index in [0.29, 0.717) is 23.6 Å². The van der Waals surface area contributed by atoms with Crippen LogP contribution in [0.4, 0.5) is 5.69 Å². The van der Waals surface area contributed by atoms with Gasteiger partial charge in [0, 0.05) is 30.8 Å². The molecule has 1 amide bonds. The minimum atomic E-state index is -0.988. The lowest BCUT2D eigenvalue weighted by molar-refractivity contribution is -0.384. The third-order valence-corrected chi connectivity index (χ3v) is 5.38. The molecule has 1 fully saturated rings. The van der Waals surface area contributed by atoms with Crippen molar-refractivity contribution < 1.29 is 29.1 Å². The van der Waals surface area contributed by atoms with Gasteiger partial charge in [0.15, 0.2) is 11.5 Å². The lowest BCUT2D eigenvalue weighted by Gasteiger charge is -2.26. The Morgan fingerprint density at radius 2 is 1.82 bits per heavy atom. The van der Waals surface area contributed by atoms with Gasteiger partial charge in [0.1, 0.15) is 5.76 Å². The zero-order valence-electron chi connectivity index (χ0n) is 18.8. The number of ketones is 1. The van der Waals surface area contributed by atoms with Crippen LogP contribution in [0.5, 0.6) is 11.5 Å². The van der Waals surface area contributed by atoms with Crippen LogP contribution >= 0.6 is 0 Å². The number of non-ortho nitro benzene ring substituents is 1. The van der Waals surface area contributed by atoms with Gasteiger partial charge in [-0.2, -0.15) is 0 Å². The number of likely N-dealkylation sites (N-methyl/N-ethyl adjacent to an activating group) is 1. The number of rotatable bonds is 8. The highest BCUT2D eigenvalue weighted by Crippen LogP contribution is 2.41. The topological polar surface area (TPSA) is 122 Å². The molecule has 1 unspecified atom stereocenters. The Balaban J connectivity index is 2.20. The fourth-order valence-electron chi connectivity index (χ4n) is 3.71. The van der Waals surface area contributed by atoms with Crippen molar-refractivity contribution in [1.29, 1.82) is 0 Å². The number of nitrogens with zero attached hydrogens (tertiary/aromatic N) is 3. The highest BCUT2D eigenvalue weighted by molar-refractivity contribution is 6.46. The number of Topliss-reactive ketones (excluding diaryl/α,β-unsaturated/α-hetero) is 1. The molecule has 2 aromatic rings. The van der Waals surface area contributed by atoms with E-state index in [9.17, 15) is 24.8 Å². The summed E-state index contributed by atoms with van der Waals surface area (Å²) >= 11 is 0. The number of methoxy groups -OCH3 is 2. The second-order valence-corrected chi connectivity index (χ2v) is 7.72. The molecule has 1 saturated heterocycles. The van der Waals surface area contributed by atoms with Crippen LogP contribution in [0.1, 0.15) is 17.2 Å². The van der Waals surface area contributed by atoms with Gasteiger partial charge in [-0.1, -0.05) is 12.1 Å². The summed E-state index contributed by atoms with van der Waals surface area (Å²) in [6, 6.07) is 9.31. The highest BCUT2D eigenvalue weighted by atomic mass is 16.6. The number of likely N-dealkylation sites (tertiary alicyclic amines) is 1. The van der Waals surface area contributed by atoms with Crippen molar-refractivity contribution in [1.82, 2.24) is 9.80 Å². The second-order valence-electron chi connectivity index (χ2n) is 7.72. The molecule has 33 heavy (non-hydrogen) atoms. The third-order valence-electron chi connectivity index (χ3n) is 5.38. The second kappa shape index (κ2) is 9.70. The molecule has 0 radical (unpaired) electrons. The number of nitro groups is 1. The normalized spacial score (nSPS) is 17.5. The average Bonchev–Trinajstić information content (AvgIpc) is 3.06. The molecule has 174 valence electrons. The maximum Gasteiger partial charge on any atom is 0.295 e. The Bertz CT molecular complexity index is 1130. The maximum atomic E-state index is 13.0. The van der Waals surface area contributed by atoms with Crippen molar-refractivity contribution in [3.05, 3.63) is 69.3 Å². The summed E-state index contributed by atoms with van der Waals surface area (Å²) in [5.74, 6) is -1.29. The van der Waals surface area contributed by atoms with E-state index in [1.165, 1.54) is 49.5 Å². The largest absolute Gasteiger partial charge is 0.507 e. The molecule has 0 aromatic heterocycles. The van der Waals surface area contributed by atoms with Crippen LogP contribution in [0.2, 0.25) is 0 Å². The van der Waals surface area contributed by atoms with Crippen molar-refractivity contribution in [3.63, 3.8) is 0 Å². The Labute approximate surface area is 190 Å². The molecule has 3 rings (SSSR count). The molecular formula is C23H25N3O7. The van der Waals surface area contributed by atoms with Crippen molar-refractivity contribution in [2.75, 3.05) is 41.4 Å². The third kappa shape index (κ3) is 4.65. The Morgan fingerprint density at radius 1 is 1.12 bits per heavy atom. The highest BCUT2D eigenvalue weighted by Gasteiger charge is 2.46. The molecule has 1 aliphatic rings. The molecule has 0 spiro atoms. The Kier molecular flexibility index (Phi) is 6.98. The molecule has 10 nitrogen and oxygen atoms in total. The fourth-order valence-corrected chi connectivity index (χ4v) is 3.71. The lowest BCUT2D eigenvalue weighted by atomic mass is 9.95. The van der Waals surface area contributed by atoms with Crippen LogP contribution in [0.3, 0.4) is 0 Å². The zero-order valence-corrected chi connectivity index (χ0v) is 18.8. The summed E-state index contributed by atoms with van der Waals surface area (Å²) in [4.78, 5) is 39.9. The molecule has 2 aromatic carbocycles. The van der Waals surface area contributed by atoms with Crippen LogP contribution in [0.15, 0.2) is 48.0 Å². The summed E-state index contributed by atoms with van der Waals surface area (Å²) in [5.41, 5.74) is 0.265. The van der Waals surface area contributed by atoms with Crippen LogP contribution in [-0.4, -0.2) is 72.9 Å². The van der Waals surface area contributed by atoms with E-state index < -0.39 is 28.4 Å². The number of hydrogen-bond acceptors (Lipinski definition) is 8. The number of amides is 1. The first-order valence-corrected chi connectivity index (χ1v) is 10.1. The molecule has 1 heterocycles. The maximum absolute atomic E-state index is 13.0. The standard InChI is InChI=1S/C23H25N3O7/c1-24(2)10-11-25-20(14-6-5-7-16(12-14)26(30)31)19(22(28)23(25)29)21(27)15-8-9-17(32-3)18(13-15)33-4/h5-9,12-13,20,27H,10-11H2,1-4H3/b21-19-. The number of hydrogen-bond donors (Lipinski definition) is 1. The first kappa shape index (κ1) is 23.7. The van der Waals surface area contributed by atoms with Gasteiger partial charge in [-0.15, -0.1) is 0 Å². The number of carbonyl (C=O) groups is 2. The van der Waals surface area contributed by atoms with Gasteiger partial charge in [-0.25, -0.2) is 0 Å².